The first kappa shape index (κ1) is 18.6. The Balaban J connectivity index is 2.40. The number of carboxylic acid groups (broad SMARTS) is 1. The van der Waals surface area contributed by atoms with Crippen LogP contribution in [0.25, 0.3) is 0 Å². The first-order valence-corrected chi connectivity index (χ1v) is 7.88. The fourth-order valence-electron chi connectivity index (χ4n) is 2.79. The molecule has 2 aromatic rings. The van der Waals surface area contributed by atoms with Gasteiger partial charge in [0.2, 0.25) is 5.91 Å². The van der Waals surface area contributed by atoms with E-state index in [4.69, 9.17) is 0 Å². The number of rotatable bonds is 6. The lowest BCUT2D eigenvalue weighted by Gasteiger charge is -2.31. The van der Waals surface area contributed by atoms with Crippen LogP contribution in [0.5, 0.6) is 0 Å². The molecule has 25 heavy (non-hydrogen) atoms. The Morgan fingerprint density at radius 1 is 1.08 bits per heavy atom. The van der Waals surface area contributed by atoms with E-state index in [1.165, 1.54) is 13.0 Å². The van der Waals surface area contributed by atoms with Crippen LogP contribution in [0.15, 0.2) is 48.5 Å². The summed E-state index contributed by atoms with van der Waals surface area (Å²) in [6, 6.07) is 11.6. The topological polar surface area (TPSA) is 66.4 Å². The Hall–Kier alpha value is -2.76. The van der Waals surface area contributed by atoms with Crippen molar-refractivity contribution in [2.75, 3.05) is 0 Å². The van der Waals surface area contributed by atoms with E-state index in [0.29, 0.717) is 5.56 Å². The summed E-state index contributed by atoms with van der Waals surface area (Å²) in [4.78, 5) is 24.5. The molecule has 2 aromatic carbocycles. The highest BCUT2D eigenvalue weighted by Gasteiger charge is 2.41. The Bertz CT molecular complexity index is 759. The molecule has 0 aliphatic heterocycles. The average molecular weight is 347 g/mol. The van der Waals surface area contributed by atoms with E-state index in [9.17, 15) is 23.5 Å². The van der Waals surface area contributed by atoms with Crippen LogP contribution in [0.4, 0.5) is 8.78 Å². The minimum atomic E-state index is -1.67. The minimum absolute atomic E-state index is 0.0740. The van der Waals surface area contributed by atoms with Crippen molar-refractivity contribution in [1.82, 2.24) is 5.32 Å². The summed E-state index contributed by atoms with van der Waals surface area (Å²) in [5.41, 5.74) is -1.67. The molecule has 1 amide bonds. The van der Waals surface area contributed by atoms with E-state index in [1.807, 2.05) is 0 Å². The Morgan fingerprint density at radius 3 is 2.12 bits per heavy atom. The molecule has 0 saturated heterocycles. The van der Waals surface area contributed by atoms with E-state index in [2.05, 4.69) is 5.32 Å². The number of nitrogens with one attached hydrogen (secondary N) is 1. The van der Waals surface area contributed by atoms with Crippen molar-refractivity contribution < 1.29 is 23.5 Å². The second kappa shape index (κ2) is 7.42. The lowest BCUT2D eigenvalue weighted by Crippen LogP contribution is -2.52. The van der Waals surface area contributed by atoms with Crippen molar-refractivity contribution in [3.8, 4) is 0 Å². The van der Waals surface area contributed by atoms with Crippen LogP contribution in [0.1, 0.15) is 37.3 Å². The Kier molecular flexibility index (Phi) is 5.51. The lowest BCUT2D eigenvalue weighted by molar-refractivity contribution is -0.148. The van der Waals surface area contributed by atoms with Gasteiger partial charge in [-0.25, -0.2) is 13.6 Å². The van der Waals surface area contributed by atoms with Gasteiger partial charge in [-0.2, -0.15) is 0 Å². The highest BCUT2D eigenvalue weighted by atomic mass is 19.1. The Labute approximate surface area is 144 Å². The molecule has 6 heteroatoms. The van der Waals surface area contributed by atoms with Crippen LogP contribution in [-0.4, -0.2) is 17.0 Å². The second-order valence-electron chi connectivity index (χ2n) is 5.78. The summed E-state index contributed by atoms with van der Waals surface area (Å²) in [5, 5.41) is 12.2. The minimum Gasteiger partial charge on any atom is -0.479 e. The van der Waals surface area contributed by atoms with E-state index in [1.54, 1.807) is 37.3 Å². The van der Waals surface area contributed by atoms with Crippen molar-refractivity contribution in [3.63, 3.8) is 0 Å². The van der Waals surface area contributed by atoms with E-state index >= 15 is 0 Å². The number of halogens is 2. The molecule has 0 aromatic heterocycles. The first-order valence-electron chi connectivity index (χ1n) is 7.88. The molecule has 0 spiro atoms. The number of carboxylic acids is 1. The van der Waals surface area contributed by atoms with Crippen molar-refractivity contribution >= 4 is 11.9 Å². The van der Waals surface area contributed by atoms with Gasteiger partial charge in [-0.3, -0.25) is 4.79 Å². The molecule has 2 unspecified atom stereocenters. The quantitative estimate of drug-likeness (QED) is 0.839. The number of amides is 1. The molecule has 2 atom stereocenters. The summed E-state index contributed by atoms with van der Waals surface area (Å²) >= 11 is 0. The maximum Gasteiger partial charge on any atom is 0.334 e. The van der Waals surface area contributed by atoms with Crippen LogP contribution >= 0.6 is 0 Å². The molecule has 0 aliphatic rings. The molecule has 0 saturated carbocycles. The zero-order valence-electron chi connectivity index (χ0n) is 13.9. The monoisotopic (exact) mass is 347 g/mol. The van der Waals surface area contributed by atoms with Gasteiger partial charge in [0.25, 0.3) is 0 Å². The second-order valence-corrected chi connectivity index (χ2v) is 5.78. The van der Waals surface area contributed by atoms with Gasteiger partial charge in [-0.1, -0.05) is 43.3 Å². The molecule has 0 aliphatic carbocycles. The van der Waals surface area contributed by atoms with Gasteiger partial charge in [0.05, 0.1) is 5.92 Å². The molecule has 0 bridgehead atoms. The third kappa shape index (κ3) is 3.52. The summed E-state index contributed by atoms with van der Waals surface area (Å²) in [6.07, 6.45) is 0.0740. The number of hydrogen-bond acceptors (Lipinski definition) is 2. The molecule has 132 valence electrons. The maximum absolute atomic E-state index is 13.9. The maximum atomic E-state index is 13.9. The Morgan fingerprint density at radius 2 is 1.64 bits per heavy atom. The molecular weight excluding hydrogens is 328 g/mol. The van der Waals surface area contributed by atoms with Gasteiger partial charge in [-0.05, 0) is 31.0 Å². The molecule has 4 nitrogen and oxygen atoms in total. The van der Waals surface area contributed by atoms with Crippen LogP contribution < -0.4 is 5.32 Å². The third-order valence-corrected chi connectivity index (χ3v) is 4.32. The molecular formula is C19H19F2NO3. The predicted molar refractivity (Wildman–Crippen MR) is 89.0 cm³/mol. The molecule has 2 N–H and O–H groups in total. The standard InChI is InChI=1S/C19H19F2NO3/c1-3-19(18(24)25,13-8-5-4-6-9-13)22-17(23)12(2)16-14(20)10-7-11-15(16)21/h4-12H,3H2,1-2H3,(H,22,23)(H,24,25). The number of carbonyl (C=O) groups excluding carboxylic acids is 1. The number of hydrogen-bond donors (Lipinski definition) is 2. The summed E-state index contributed by atoms with van der Waals surface area (Å²) in [6.45, 7) is 2.96. The summed E-state index contributed by atoms with van der Waals surface area (Å²) in [7, 11) is 0. The lowest BCUT2D eigenvalue weighted by atomic mass is 9.86. The van der Waals surface area contributed by atoms with Crippen molar-refractivity contribution in [1.29, 1.82) is 0 Å². The predicted octanol–water partition coefficient (Wildman–Crippen LogP) is 3.57. The number of carbonyl (C=O) groups is 2. The van der Waals surface area contributed by atoms with Crippen molar-refractivity contribution in [2.45, 2.75) is 31.7 Å². The van der Waals surface area contributed by atoms with E-state index < -0.39 is 35.0 Å². The van der Waals surface area contributed by atoms with Crippen LogP contribution in [0, 0.1) is 11.6 Å². The molecule has 0 heterocycles. The zero-order chi connectivity index (χ0) is 18.6. The van der Waals surface area contributed by atoms with Gasteiger partial charge >= 0.3 is 5.97 Å². The van der Waals surface area contributed by atoms with Gasteiger partial charge < -0.3 is 10.4 Å². The van der Waals surface area contributed by atoms with Gasteiger partial charge in [-0.15, -0.1) is 0 Å². The normalized spacial score (nSPS) is 14.4. The van der Waals surface area contributed by atoms with Crippen molar-refractivity contribution in [2.24, 2.45) is 0 Å². The van der Waals surface area contributed by atoms with Crippen LogP contribution in [0.3, 0.4) is 0 Å². The van der Waals surface area contributed by atoms with Gasteiger partial charge in [0, 0.05) is 5.56 Å². The summed E-state index contributed by atoms with van der Waals surface area (Å²) < 4.78 is 27.8. The molecule has 0 radical (unpaired) electrons. The largest absolute Gasteiger partial charge is 0.479 e. The molecule has 0 fully saturated rings. The average Bonchev–Trinajstić information content (AvgIpc) is 2.59. The smallest absolute Gasteiger partial charge is 0.334 e. The fourth-order valence-corrected chi connectivity index (χ4v) is 2.79. The fraction of sp³-hybridized carbons (Fsp3) is 0.263. The first-order chi connectivity index (χ1) is 11.8. The number of aliphatic carboxylic acids is 1. The summed E-state index contributed by atoms with van der Waals surface area (Å²) in [5.74, 6) is -4.89. The van der Waals surface area contributed by atoms with Crippen molar-refractivity contribution in [3.05, 3.63) is 71.3 Å². The zero-order valence-corrected chi connectivity index (χ0v) is 13.9. The van der Waals surface area contributed by atoms with Crippen LogP contribution in [-0.2, 0) is 15.1 Å². The van der Waals surface area contributed by atoms with Gasteiger partial charge in [0.15, 0.2) is 5.54 Å². The van der Waals surface area contributed by atoms with E-state index in [-0.39, 0.29) is 12.0 Å². The van der Waals surface area contributed by atoms with E-state index in [0.717, 1.165) is 12.1 Å². The highest BCUT2D eigenvalue weighted by Crippen LogP contribution is 2.28. The highest BCUT2D eigenvalue weighted by molar-refractivity contribution is 5.91. The third-order valence-electron chi connectivity index (χ3n) is 4.32. The van der Waals surface area contributed by atoms with Crippen LogP contribution in [0.2, 0.25) is 0 Å². The van der Waals surface area contributed by atoms with Gasteiger partial charge in [0.1, 0.15) is 11.6 Å². The number of benzene rings is 2. The molecule has 2 rings (SSSR count). The SMILES string of the molecule is CCC(NC(=O)C(C)c1c(F)cccc1F)(C(=O)O)c1ccccc1.